The van der Waals surface area contributed by atoms with Gasteiger partial charge in [0.15, 0.2) is 0 Å². The van der Waals surface area contributed by atoms with Crippen LogP contribution in [-0.4, -0.2) is 36.3 Å². The molecule has 1 unspecified atom stereocenters. The van der Waals surface area contributed by atoms with Gasteiger partial charge in [-0.3, -0.25) is 9.59 Å². The van der Waals surface area contributed by atoms with Gasteiger partial charge in [0.25, 0.3) is 5.91 Å². The fraction of sp³-hybridized carbons (Fsp3) is 0.286. The molecule has 2 saturated heterocycles. The molecule has 0 saturated carbocycles. The van der Waals surface area contributed by atoms with E-state index in [4.69, 9.17) is 0 Å². The van der Waals surface area contributed by atoms with Crippen molar-refractivity contribution in [3.05, 3.63) is 59.7 Å². The highest BCUT2D eigenvalue weighted by atomic mass is 16.2. The van der Waals surface area contributed by atoms with Gasteiger partial charge in [0.1, 0.15) is 0 Å². The Morgan fingerprint density at radius 1 is 1.12 bits per heavy atom. The summed E-state index contributed by atoms with van der Waals surface area (Å²) < 4.78 is 0. The van der Waals surface area contributed by atoms with Crippen molar-refractivity contribution in [1.29, 1.82) is 5.26 Å². The Balaban J connectivity index is 1.66. The Hall–Kier alpha value is -3.13. The Morgan fingerprint density at radius 2 is 1.85 bits per heavy atom. The van der Waals surface area contributed by atoms with E-state index in [1.54, 1.807) is 6.07 Å². The maximum atomic E-state index is 13.2. The summed E-state index contributed by atoms with van der Waals surface area (Å²) in [5, 5.41) is 12.3. The van der Waals surface area contributed by atoms with E-state index in [0.717, 1.165) is 17.5 Å². The molecule has 2 aliphatic rings. The maximum Gasteiger partial charge on any atom is 0.254 e. The molecule has 0 radical (unpaired) electrons. The first-order chi connectivity index (χ1) is 12.6. The van der Waals surface area contributed by atoms with Crippen LogP contribution in [0.4, 0.5) is 0 Å². The van der Waals surface area contributed by atoms with Crippen LogP contribution in [0.25, 0.3) is 11.1 Å². The van der Waals surface area contributed by atoms with Crippen molar-refractivity contribution in [2.45, 2.75) is 12.8 Å². The highest BCUT2D eigenvalue weighted by molar-refractivity contribution is 6.01. The number of hydrogen-bond donors (Lipinski definition) is 1. The first kappa shape index (κ1) is 16.3. The smallest absolute Gasteiger partial charge is 0.254 e. The summed E-state index contributed by atoms with van der Waals surface area (Å²) in [6.45, 7) is 1.90. The zero-order valence-corrected chi connectivity index (χ0v) is 14.4. The quantitative estimate of drug-likeness (QED) is 0.909. The number of carbonyl (C=O) groups excluding carboxylic acids is 2. The second-order valence-electron chi connectivity index (χ2n) is 7.13. The van der Waals surface area contributed by atoms with Crippen LogP contribution in [0.2, 0.25) is 0 Å². The van der Waals surface area contributed by atoms with E-state index >= 15 is 0 Å². The largest absolute Gasteiger partial charge is 0.355 e. The third-order valence-corrected chi connectivity index (χ3v) is 5.42. The van der Waals surface area contributed by atoms with Gasteiger partial charge >= 0.3 is 0 Å². The van der Waals surface area contributed by atoms with Crippen LogP contribution in [0.5, 0.6) is 0 Å². The molecule has 0 aliphatic carbocycles. The van der Waals surface area contributed by atoms with Gasteiger partial charge in [-0.1, -0.05) is 36.4 Å². The standard InChI is InChI=1S/C21H19N3O2/c22-12-15-5-1-2-6-16(15)17-7-3-4-8-18(17)20(26)24-10-9-21(14-24)11-19(25)23-13-21/h1-8H,9-11,13-14H2,(H,23,25). The minimum Gasteiger partial charge on any atom is -0.355 e. The molecule has 1 N–H and O–H groups in total. The molecule has 26 heavy (non-hydrogen) atoms. The van der Waals surface area contributed by atoms with Crippen molar-refractivity contribution in [1.82, 2.24) is 10.2 Å². The van der Waals surface area contributed by atoms with Crippen LogP contribution in [-0.2, 0) is 4.79 Å². The molecule has 2 aliphatic heterocycles. The first-order valence-corrected chi connectivity index (χ1v) is 8.76. The fourth-order valence-corrected chi connectivity index (χ4v) is 4.04. The monoisotopic (exact) mass is 345 g/mol. The van der Waals surface area contributed by atoms with Gasteiger partial charge in [0.05, 0.1) is 11.6 Å². The number of likely N-dealkylation sites (tertiary alicyclic amines) is 1. The van der Waals surface area contributed by atoms with Crippen LogP contribution in [0.3, 0.4) is 0 Å². The van der Waals surface area contributed by atoms with E-state index in [-0.39, 0.29) is 17.2 Å². The summed E-state index contributed by atoms with van der Waals surface area (Å²) in [5.74, 6) is 0.0345. The lowest BCUT2D eigenvalue weighted by Crippen LogP contribution is -2.33. The lowest BCUT2D eigenvalue weighted by molar-refractivity contribution is -0.119. The van der Waals surface area contributed by atoms with Gasteiger partial charge in [-0.15, -0.1) is 0 Å². The van der Waals surface area contributed by atoms with E-state index in [0.29, 0.717) is 37.2 Å². The molecule has 5 nitrogen and oxygen atoms in total. The van der Waals surface area contributed by atoms with Crippen molar-refractivity contribution < 1.29 is 9.59 Å². The molecule has 0 aromatic heterocycles. The summed E-state index contributed by atoms with van der Waals surface area (Å²) in [6.07, 6.45) is 1.34. The Labute approximate surface area is 152 Å². The van der Waals surface area contributed by atoms with Crippen LogP contribution in [0.1, 0.15) is 28.8 Å². The van der Waals surface area contributed by atoms with Crippen LogP contribution in [0, 0.1) is 16.7 Å². The Morgan fingerprint density at radius 3 is 2.58 bits per heavy atom. The number of benzene rings is 2. The van der Waals surface area contributed by atoms with Gasteiger partial charge in [0.2, 0.25) is 5.91 Å². The van der Waals surface area contributed by atoms with Crippen LogP contribution in [0.15, 0.2) is 48.5 Å². The molecule has 2 aromatic carbocycles. The van der Waals surface area contributed by atoms with E-state index in [1.807, 2.05) is 47.4 Å². The van der Waals surface area contributed by atoms with Crippen molar-refractivity contribution >= 4 is 11.8 Å². The fourth-order valence-electron chi connectivity index (χ4n) is 4.04. The summed E-state index contributed by atoms with van der Waals surface area (Å²) >= 11 is 0. The predicted octanol–water partition coefficient (Wildman–Crippen LogP) is 2.58. The number of nitrogens with one attached hydrogen (secondary N) is 1. The minimum absolute atomic E-state index is 0.0374. The lowest BCUT2D eigenvalue weighted by atomic mass is 9.86. The van der Waals surface area contributed by atoms with Crippen molar-refractivity contribution in [3.63, 3.8) is 0 Å². The average molecular weight is 345 g/mol. The molecule has 130 valence electrons. The van der Waals surface area contributed by atoms with E-state index in [9.17, 15) is 14.9 Å². The molecule has 2 fully saturated rings. The molecule has 1 atom stereocenters. The third-order valence-electron chi connectivity index (χ3n) is 5.42. The summed E-state index contributed by atoms with van der Waals surface area (Å²) in [5.41, 5.74) is 2.58. The molecular formula is C21H19N3O2. The summed E-state index contributed by atoms with van der Waals surface area (Å²) in [7, 11) is 0. The molecule has 4 rings (SSSR count). The van der Waals surface area contributed by atoms with Crippen molar-refractivity contribution in [2.75, 3.05) is 19.6 Å². The predicted molar refractivity (Wildman–Crippen MR) is 97.2 cm³/mol. The minimum atomic E-state index is -0.119. The molecule has 0 bridgehead atoms. The number of amides is 2. The van der Waals surface area contributed by atoms with E-state index < -0.39 is 0 Å². The zero-order valence-electron chi connectivity index (χ0n) is 14.4. The third kappa shape index (κ3) is 2.74. The molecule has 2 amide bonds. The highest BCUT2D eigenvalue weighted by Gasteiger charge is 2.45. The van der Waals surface area contributed by atoms with E-state index in [2.05, 4.69) is 11.4 Å². The number of rotatable bonds is 2. The first-order valence-electron chi connectivity index (χ1n) is 8.76. The van der Waals surface area contributed by atoms with Gasteiger partial charge in [-0.2, -0.15) is 5.26 Å². The summed E-state index contributed by atoms with van der Waals surface area (Å²) in [4.78, 5) is 26.7. The summed E-state index contributed by atoms with van der Waals surface area (Å²) in [6, 6.07) is 17.0. The number of carbonyl (C=O) groups is 2. The van der Waals surface area contributed by atoms with E-state index in [1.165, 1.54) is 0 Å². The lowest BCUT2D eigenvalue weighted by Gasteiger charge is -2.23. The number of nitriles is 1. The van der Waals surface area contributed by atoms with Crippen LogP contribution >= 0.6 is 0 Å². The Bertz CT molecular complexity index is 931. The molecule has 2 aromatic rings. The molecule has 5 heteroatoms. The van der Waals surface area contributed by atoms with Gasteiger partial charge < -0.3 is 10.2 Å². The van der Waals surface area contributed by atoms with Crippen molar-refractivity contribution in [3.8, 4) is 17.2 Å². The van der Waals surface area contributed by atoms with Crippen molar-refractivity contribution in [2.24, 2.45) is 5.41 Å². The number of hydrogen-bond acceptors (Lipinski definition) is 3. The zero-order chi connectivity index (χ0) is 18.1. The highest BCUT2D eigenvalue weighted by Crippen LogP contribution is 2.38. The van der Waals surface area contributed by atoms with Crippen LogP contribution < -0.4 is 5.32 Å². The normalized spacial score (nSPS) is 21.7. The maximum absolute atomic E-state index is 13.2. The number of nitrogens with zero attached hydrogens (tertiary/aromatic N) is 2. The SMILES string of the molecule is N#Cc1ccccc1-c1ccccc1C(=O)N1CCC2(CNC(=O)C2)C1. The molecular weight excluding hydrogens is 326 g/mol. The van der Waals surface area contributed by atoms with Gasteiger partial charge in [-0.05, 0) is 24.1 Å². The second kappa shape index (κ2) is 6.30. The topological polar surface area (TPSA) is 73.2 Å². The molecule has 1 spiro atoms. The van der Waals surface area contributed by atoms with Gasteiger partial charge in [0, 0.05) is 42.6 Å². The van der Waals surface area contributed by atoms with Gasteiger partial charge in [-0.25, -0.2) is 0 Å². The second-order valence-corrected chi connectivity index (χ2v) is 7.13. The molecule has 2 heterocycles. The Kier molecular flexibility index (Phi) is 3.96. The average Bonchev–Trinajstić information content (AvgIpc) is 3.26.